The topological polar surface area (TPSA) is 40.6 Å². The maximum atomic E-state index is 13.4. The maximum Gasteiger partial charge on any atom is 0.270 e. The number of nitrogens with zero attached hydrogens (tertiary/aromatic N) is 2. The van der Waals surface area contributed by atoms with Crippen LogP contribution in [-0.4, -0.2) is 16.9 Å². The molecular weight excluding hydrogens is 392 g/mol. The van der Waals surface area contributed by atoms with Crippen LogP contribution in [0.1, 0.15) is 18.1 Å². The molecule has 5 heteroatoms. The average molecular weight is 413 g/mol. The van der Waals surface area contributed by atoms with Crippen molar-refractivity contribution < 1.29 is 9.59 Å². The molecule has 4 nitrogen and oxygen atoms in total. The molecule has 30 heavy (non-hydrogen) atoms. The van der Waals surface area contributed by atoms with Gasteiger partial charge in [0, 0.05) is 0 Å². The summed E-state index contributed by atoms with van der Waals surface area (Å²) >= 11 is 5.60. The third kappa shape index (κ3) is 3.67. The first kappa shape index (κ1) is 19.7. The van der Waals surface area contributed by atoms with Crippen molar-refractivity contribution >= 4 is 46.6 Å². The Kier molecular flexibility index (Phi) is 5.55. The van der Waals surface area contributed by atoms with E-state index in [2.05, 4.69) is 6.92 Å². The molecule has 3 aromatic rings. The maximum absolute atomic E-state index is 13.4. The summed E-state index contributed by atoms with van der Waals surface area (Å²) in [6.07, 6.45) is 2.56. The molecule has 148 valence electrons. The number of thiocarbonyl (C=S) groups is 1. The van der Waals surface area contributed by atoms with Crippen molar-refractivity contribution in [3.63, 3.8) is 0 Å². The number of carbonyl (C=O) groups is 2. The van der Waals surface area contributed by atoms with Gasteiger partial charge in [0.1, 0.15) is 5.57 Å². The van der Waals surface area contributed by atoms with Gasteiger partial charge in [-0.25, -0.2) is 0 Å². The van der Waals surface area contributed by atoms with Gasteiger partial charge in [-0.2, -0.15) is 0 Å². The van der Waals surface area contributed by atoms with Gasteiger partial charge in [-0.1, -0.05) is 67.6 Å². The number of aryl methyl sites for hydroxylation is 1. The van der Waals surface area contributed by atoms with Gasteiger partial charge in [-0.15, -0.1) is 0 Å². The van der Waals surface area contributed by atoms with Crippen LogP contribution < -0.4 is 9.80 Å². The lowest BCUT2D eigenvalue weighted by molar-refractivity contribution is -0.120. The predicted molar refractivity (Wildman–Crippen MR) is 124 cm³/mol. The summed E-state index contributed by atoms with van der Waals surface area (Å²) in [5.74, 6) is -0.856. The molecule has 1 aliphatic rings. The van der Waals surface area contributed by atoms with Crippen molar-refractivity contribution in [3.05, 3.63) is 102 Å². The molecule has 1 aliphatic heterocycles. The number of carbonyl (C=O) groups excluding carboxylic acids is 2. The van der Waals surface area contributed by atoms with E-state index in [0.717, 1.165) is 12.0 Å². The number of hydrogen-bond acceptors (Lipinski definition) is 3. The first-order valence-corrected chi connectivity index (χ1v) is 10.1. The average Bonchev–Trinajstić information content (AvgIpc) is 2.79. The van der Waals surface area contributed by atoms with E-state index in [1.807, 2.05) is 60.7 Å². The Morgan fingerprint density at radius 1 is 0.733 bits per heavy atom. The van der Waals surface area contributed by atoms with E-state index in [1.54, 1.807) is 30.3 Å². The van der Waals surface area contributed by atoms with E-state index in [-0.39, 0.29) is 10.7 Å². The second kappa shape index (κ2) is 8.43. The molecule has 0 bridgehead atoms. The number of rotatable bonds is 4. The van der Waals surface area contributed by atoms with Gasteiger partial charge in [0.25, 0.3) is 11.8 Å². The van der Waals surface area contributed by atoms with Crippen molar-refractivity contribution in [1.82, 2.24) is 0 Å². The van der Waals surface area contributed by atoms with Crippen molar-refractivity contribution in [2.75, 3.05) is 9.80 Å². The second-order valence-electron chi connectivity index (χ2n) is 6.89. The summed E-state index contributed by atoms with van der Waals surface area (Å²) in [5, 5.41) is 0.140. The molecule has 0 N–H and O–H groups in total. The highest BCUT2D eigenvalue weighted by Gasteiger charge is 2.41. The van der Waals surface area contributed by atoms with Gasteiger partial charge < -0.3 is 0 Å². The molecule has 1 fully saturated rings. The largest absolute Gasteiger partial charge is 0.270 e. The third-order valence-electron chi connectivity index (χ3n) is 4.98. The Balaban J connectivity index is 1.83. The molecule has 1 saturated heterocycles. The predicted octanol–water partition coefficient (Wildman–Crippen LogP) is 5.00. The molecule has 3 aromatic carbocycles. The first-order chi connectivity index (χ1) is 14.6. The van der Waals surface area contributed by atoms with Crippen LogP contribution in [0.3, 0.4) is 0 Å². The molecule has 0 atom stereocenters. The summed E-state index contributed by atoms with van der Waals surface area (Å²) in [7, 11) is 0. The molecule has 0 aromatic heterocycles. The minimum absolute atomic E-state index is 0.0700. The molecular formula is C25H20N2O2S. The summed E-state index contributed by atoms with van der Waals surface area (Å²) in [4.78, 5) is 29.6. The smallest absolute Gasteiger partial charge is 0.268 e. The van der Waals surface area contributed by atoms with Gasteiger partial charge in [-0.05, 0) is 60.1 Å². The Bertz CT molecular complexity index is 1060. The molecule has 0 radical (unpaired) electrons. The van der Waals surface area contributed by atoms with Crippen molar-refractivity contribution in [1.29, 1.82) is 0 Å². The molecule has 1 heterocycles. The SMILES string of the molecule is CCc1ccc(C=C2C(=O)N(c3ccccc3)C(=S)N(c3ccccc3)C2=O)cc1. The van der Waals surface area contributed by atoms with E-state index in [1.165, 1.54) is 15.4 Å². The monoisotopic (exact) mass is 412 g/mol. The number of benzene rings is 3. The summed E-state index contributed by atoms with van der Waals surface area (Å²) in [6.45, 7) is 2.08. The minimum atomic E-state index is -0.428. The fraction of sp³-hybridized carbons (Fsp3) is 0.0800. The van der Waals surface area contributed by atoms with Crippen LogP contribution in [0.5, 0.6) is 0 Å². The number of amides is 2. The Hall–Kier alpha value is -3.57. The Morgan fingerprint density at radius 2 is 1.20 bits per heavy atom. The normalized spacial score (nSPS) is 14.3. The van der Waals surface area contributed by atoms with E-state index in [0.29, 0.717) is 11.4 Å². The van der Waals surface area contributed by atoms with Crippen LogP contribution in [0.15, 0.2) is 90.5 Å². The summed E-state index contributed by atoms with van der Waals surface area (Å²) < 4.78 is 0. The fourth-order valence-corrected chi connectivity index (χ4v) is 3.73. The van der Waals surface area contributed by atoms with E-state index in [9.17, 15) is 9.59 Å². The van der Waals surface area contributed by atoms with Gasteiger partial charge >= 0.3 is 0 Å². The number of para-hydroxylation sites is 2. The highest BCUT2D eigenvalue weighted by molar-refractivity contribution is 7.81. The van der Waals surface area contributed by atoms with E-state index < -0.39 is 11.8 Å². The lowest BCUT2D eigenvalue weighted by atomic mass is 10.0. The minimum Gasteiger partial charge on any atom is -0.268 e. The Morgan fingerprint density at radius 3 is 1.63 bits per heavy atom. The molecule has 0 aliphatic carbocycles. The lowest BCUT2D eigenvalue weighted by Crippen LogP contribution is -2.56. The van der Waals surface area contributed by atoms with Crippen molar-refractivity contribution in [3.8, 4) is 0 Å². The van der Waals surface area contributed by atoms with Crippen LogP contribution in [0.25, 0.3) is 6.08 Å². The summed E-state index contributed by atoms with van der Waals surface area (Å²) in [6, 6.07) is 26.1. The molecule has 0 saturated carbocycles. The Labute approximate surface area is 181 Å². The highest BCUT2D eigenvalue weighted by Crippen LogP contribution is 2.29. The zero-order valence-corrected chi connectivity index (χ0v) is 17.3. The fourth-order valence-electron chi connectivity index (χ4n) is 3.36. The van der Waals surface area contributed by atoms with Crippen LogP contribution >= 0.6 is 12.2 Å². The quantitative estimate of drug-likeness (QED) is 0.344. The summed E-state index contributed by atoms with van der Waals surface area (Å²) in [5.41, 5.74) is 3.29. The second-order valence-corrected chi connectivity index (χ2v) is 7.25. The van der Waals surface area contributed by atoms with Crippen LogP contribution in [0, 0.1) is 0 Å². The number of anilines is 2. The molecule has 2 amide bonds. The standard InChI is InChI=1S/C25H20N2O2S/c1-2-18-13-15-19(16-14-18)17-22-23(28)26(20-9-5-3-6-10-20)25(30)27(24(22)29)21-11-7-4-8-12-21/h3-17H,2H2,1H3. The molecule has 0 unspecified atom stereocenters. The van der Waals surface area contributed by atoms with E-state index in [4.69, 9.17) is 12.2 Å². The van der Waals surface area contributed by atoms with Gasteiger partial charge in [0.05, 0.1) is 11.4 Å². The zero-order chi connectivity index (χ0) is 21.1. The van der Waals surface area contributed by atoms with Crippen LogP contribution in [0.4, 0.5) is 11.4 Å². The van der Waals surface area contributed by atoms with Gasteiger partial charge in [0.2, 0.25) is 0 Å². The zero-order valence-electron chi connectivity index (χ0n) is 16.5. The molecule has 4 rings (SSSR count). The first-order valence-electron chi connectivity index (χ1n) is 9.73. The van der Waals surface area contributed by atoms with Crippen molar-refractivity contribution in [2.45, 2.75) is 13.3 Å². The van der Waals surface area contributed by atoms with Crippen molar-refractivity contribution in [2.24, 2.45) is 0 Å². The van der Waals surface area contributed by atoms with Gasteiger partial charge in [0.15, 0.2) is 5.11 Å². The lowest BCUT2D eigenvalue weighted by Gasteiger charge is -2.36. The highest BCUT2D eigenvalue weighted by atomic mass is 32.1. The number of hydrogen-bond donors (Lipinski definition) is 0. The van der Waals surface area contributed by atoms with Gasteiger partial charge in [-0.3, -0.25) is 19.4 Å². The van der Waals surface area contributed by atoms with E-state index >= 15 is 0 Å². The third-order valence-corrected chi connectivity index (χ3v) is 5.34. The van der Waals surface area contributed by atoms with Crippen LogP contribution in [-0.2, 0) is 16.0 Å². The molecule has 0 spiro atoms. The van der Waals surface area contributed by atoms with Crippen LogP contribution in [0.2, 0.25) is 0 Å².